The molecule has 3 rings (SSSR count). The normalized spacial score (nSPS) is 41.6. The van der Waals surface area contributed by atoms with Gasteiger partial charge in [0.15, 0.2) is 0 Å². The van der Waals surface area contributed by atoms with E-state index in [-0.39, 0.29) is 18.1 Å². The minimum Gasteiger partial charge on any atom is -0.273 e. The highest BCUT2D eigenvalue weighted by Crippen LogP contribution is 2.79. The first-order valence-electron chi connectivity index (χ1n) is 8.31. The molecular formula is C15H20F8O3S. The fourth-order valence-electron chi connectivity index (χ4n) is 4.29. The molecule has 3 fully saturated rings. The van der Waals surface area contributed by atoms with Crippen LogP contribution >= 0.6 is 0 Å². The Bertz CT molecular complexity index is 661. The lowest BCUT2D eigenvalue weighted by atomic mass is 9.74. The van der Waals surface area contributed by atoms with Crippen molar-refractivity contribution in [3.8, 4) is 0 Å². The molecule has 160 valence electrons. The minimum atomic E-state index is -6.01. The Balaban J connectivity index is 0.000000249. The molecule has 0 aromatic heterocycles. The highest BCUT2D eigenvalue weighted by molar-refractivity contribution is 7.87. The smallest absolute Gasteiger partial charge is 0.273 e. The minimum absolute atomic E-state index is 0.269. The highest BCUT2D eigenvalue weighted by atomic mass is 32.2. The van der Waals surface area contributed by atoms with Gasteiger partial charge in [0.05, 0.1) is 12.4 Å². The number of alkyl halides is 8. The van der Waals surface area contributed by atoms with Crippen molar-refractivity contribution in [1.29, 1.82) is 0 Å². The summed E-state index contributed by atoms with van der Waals surface area (Å²) in [6, 6.07) is 0. The van der Waals surface area contributed by atoms with Crippen LogP contribution in [0.15, 0.2) is 0 Å². The monoisotopic (exact) mass is 432 g/mol. The molecule has 0 radical (unpaired) electrons. The van der Waals surface area contributed by atoms with Gasteiger partial charge < -0.3 is 0 Å². The summed E-state index contributed by atoms with van der Waals surface area (Å²) in [6.45, 7) is 3.43. The zero-order chi connectivity index (χ0) is 21.3. The molecule has 0 N–H and O–H groups in total. The maximum Gasteiger partial charge on any atom is 0.378 e. The van der Waals surface area contributed by atoms with E-state index in [1.165, 1.54) is 7.11 Å². The van der Waals surface area contributed by atoms with Crippen LogP contribution in [0.4, 0.5) is 35.1 Å². The lowest BCUT2D eigenvalue weighted by molar-refractivity contribution is -0.297. The van der Waals surface area contributed by atoms with Crippen LogP contribution in [0.2, 0.25) is 0 Å². The van der Waals surface area contributed by atoms with Gasteiger partial charge in [-0.25, -0.2) is 8.78 Å². The van der Waals surface area contributed by atoms with Crippen LogP contribution in [0.1, 0.15) is 39.5 Å². The van der Waals surface area contributed by atoms with Crippen LogP contribution in [-0.4, -0.2) is 49.9 Å². The second-order valence-corrected chi connectivity index (χ2v) is 9.36. The molecule has 0 aromatic carbocycles. The standard InChI is InChI=1S/C10H8F8.C5H12O3S/c11-6-4-1-2-5(3-4)7(6,12)9(15,16)10(17,18)8(6,13)14;1-4-5(2)9(6,7)8-3/h4-5H,1-3H2;5H,4H2,1-3H3. The van der Waals surface area contributed by atoms with E-state index in [9.17, 15) is 43.5 Å². The van der Waals surface area contributed by atoms with Gasteiger partial charge in [0.2, 0.25) is 11.3 Å². The molecule has 3 aliphatic rings. The summed E-state index contributed by atoms with van der Waals surface area (Å²) < 4.78 is 134. The molecule has 2 bridgehead atoms. The molecule has 0 aromatic rings. The topological polar surface area (TPSA) is 43.4 Å². The van der Waals surface area contributed by atoms with Crippen molar-refractivity contribution in [3.05, 3.63) is 0 Å². The summed E-state index contributed by atoms with van der Waals surface area (Å²) in [5.74, 6) is -21.0. The molecular weight excluding hydrogens is 412 g/mol. The van der Waals surface area contributed by atoms with E-state index in [1.807, 2.05) is 0 Å². The Morgan fingerprint density at radius 2 is 1.26 bits per heavy atom. The number of fused-ring (bicyclic) bond motifs is 5. The van der Waals surface area contributed by atoms with Crippen LogP contribution in [-0.2, 0) is 14.3 Å². The quantitative estimate of drug-likeness (QED) is 0.487. The van der Waals surface area contributed by atoms with Gasteiger partial charge in [0, 0.05) is 11.8 Å². The van der Waals surface area contributed by atoms with Crippen molar-refractivity contribution in [1.82, 2.24) is 0 Å². The van der Waals surface area contributed by atoms with Crippen molar-refractivity contribution in [2.24, 2.45) is 11.8 Å². The molecule has 0 heterocycles. The zero-order valence-electron chi connectivity index (χ0n) is 14.7. The Hall–Kier alpha value is -0.650. The number of hydrogen-bond acceptors (Lipinski definition) is 3. The molecule has 0 amide bonds. The second kappa shape index (κ2) is 6.17. The highest BCUT2D eigenvalue weighted by Gasteiger charge is 3.03. The first-order chi connectivity index (χ1) is 12.0. The van der Waals surface area contributed by atoms with Gasteiger partial charge in [0.1, 0.15) is 0 Å². The molecule has 3 saturated carbocycles. The van der Waals surface area contributed by atoms with Crippen LogP contribution in [0.3, 0.4) is 0 Å². The first kappa shape index (κ1) is 22.6. The maximum atomic E-state index is 14.3. The fourth-order valence-corrected chi connectivity index (χ4v) is 5.03. The molecule has 12 heteroatoms. The Labute approximate surface area is 151 Å². The predicted octanol–water partition coefficient (Wildman–Crippen LogP) is 4.51. The van der Waals surface area contributed by atoms with Gasteiger partial charge in [-0.1, -0.05) is 6.92 Å². The Kier molecular flexibility index (Phi) is 5.17. The van der Waals surface area contributed by atoms with E-state index in [4.69, 9.17) is 0 Å². The van der Waals surface area contributed by atoms with Crippen molar-refractivity contribution in [2.75, 3.05) is 7.11 Å². The van der Waals surface area contributed by atoms with E-state index in [2.05, 4.69) is 4.18 Å². The molecule has 0 aliphatic heterocycles. The van der Waals surface area contributed by atoms with E-state index in [0.29, 0.717) is 6.42 Å². The van der Waals surface area contributed by atoms with Gasteiger partial charge in [0.25, 0.3) is 10.1 Å². The molecule has 0 spiro atoms. The summed E-state index contributed by atoms with van der Waals surface area (Å²) in [7, 11) is -2.07. The van der Waals surface area contributed by atoms with Crippen LogP contribution in [0.5, 0.6) is 0 Å². The van der Waals surface area contributed by atoms with Gasteiger partial charge in [-0.3, -0.25) is 4.18 Å². The zero-order valence-corrected chi connectivity index (χ0v) is 15.5. The van der Waals surface area contributed by atoms with Crippen LogP contribution < -0.4 is 0 Å². The fraction of sp³-hybridized carbons (Fsp3) is 1.00. The van der Waals surface area contributed by atoms with Gasteiger partial charge in [-0.2, -0.15) is 34.8 Å². The number of rotatable bonds is 3. The van der Waals surface area contributed by atoms with Crippen molar-refractivity contribution < 1.29 is 47.7 Å². The molecule has 3 aliphatic carbocycles. The van der Waals surface area contributed by atoms with Crippen molar-refractivity contribution >= 4 is 10.1 Å². The third-order valence-corrected chi connectivity index (χ3v) is 7.87. The maximum absolute atomic E-state index is 14.3. The van der Waals surface area contributed by atoms with Crippen molar-refractivity contribution in [2.45, 2.75) is 73.9 Å². The van der Waals surface area contributed by atoms with Gasteiger partial charge in [-0.15, -0.1) is 0 Å². The summed E-state index contributed by atoms with van der Waals surface area (Å²) in [6.07, 6.45) is -0.479. The molecule has 5 unspecified atom stereocenters. The molecule has 3 nitrogen and oxygen atoms in total. The molecule has 5 atom stereocenters. The number of halogens is 8. The van der Waals surface area contributed by atoms with E-state index >= 15 is 0 Å². The predicted molar refractivity (Wildman–Crippen MR) is 79.0 cm³/mol. The first-order valence-corrected chi connectivity index (χ1v) is 9.78. The number of hydrogen-bond donors (Lipinski definition) is 0. The Morgan fingerprint density at radius 3 is 1.52 bits per heavy atom. The summed E-state index contributed by atoms with van der Waals surface area (Å²) in [4.78, 5) is 0. The van der Waals surface area contributed by atoms with Crippen LogP contribution in [0.25, 0.3) is 0 Å². The third-order valence-electron chi connectivity index (χ3n) is 6.09. The summed E-state index contributed by atoms with van der Waals surface area (Å²) >= 11 is 0. The molecule has 27 heavy (non-hydrogen) atoms. The Morgan fingerprint density at radius 1 is 0.889 bits per heavy atom. The lowest BCUT2D eigenvalue weighted by Crippen LogP contribution is -2.60. The average molecular weight is 432 g/mol. The largest absolute Gasteiger partial charge is 0.378 e. The average Bonchev–Trinajstić information content (AvgIpc) is 3.17. The SMILES string of the molecule is CCC(C)S(=O)(=O)OC.FC1(F)C(F)(F)C2(F)C3CCC(C3)C2(F)C1(F)F. The van der Waals surface area contributed by atoms with Crippen molar-refractivity contribution in [3.63, 3.8) is 0 Å². The summed E-state index contributed by atoms with van der Waals surface area (Å²) in [5.41, 5.74) is -8.95. The van der Waals surface area contributed by atoms with Gasteiger partial charge in [-0.05, 0) is 32.6 Å². The van der Waals surface area contributed by atoms with Gasteiger partial charge >= 0.3 is 17.8 Å². The van der Waals surface area contributed by atoms with Crippen LogP contribution in [0, 0.1) is 11.8 Å². The third kappa shape index (κ3) is 2.37. The van der Waals surface area contributed by atoms with E-state index in [1.54, 1.807) is 13.8 Å². The lowest BCUT2D eigenvalue weighted by Gasteiger charge is -2.39. The van der Waals surface area contributed by atoms with E-state index in [0.717, 1.165) is 0 Å². The summed E-state index contributed by atoms with van der Waals surface area (Å²) in [5, 5.41) is -0.387. The van der Waals surface area contributed by atoms with E-state index < -0.39 is 57.5 Å². The second-order valence-electron chi connectivity index (χ2n) is 7.23. The molecule has 0 saturated heterocycles.